The molecular formula is C26H28O3S2. The van der Waals surface area contributed by atoms with Crippen LogP contribution in [0.2, 0.25) is 0 Å². The van der Waals surface area contributed by atoms with Crippen molar-refractivity contribution in [3.8, 4) is 0 Å². The summed E-state index contributed by atoms with van der Waals surface area (Å²) < 4.78 is -0.545. The fourth-order valence-corrected chi connectivity index (χ4v) is 6.79. The molecule has 0 aliphatic carbocycles. The molecule has 0 spiro atoms. The Balaban J connectivity index is 1.69. The van der Waals surface area contributed by atoms with Crippen LogP contribution in [0.15, 0.2) is 91.0 Å². The molecule has 3 nitrogen and oxygen atoms in total. The molecule has 0 bridgehead atoms. The minimum Gasteiger partial charge on any atom is -0.392 e. The maximum Gasteiger partial charge on any atom is 0.119 e. The number of thiol groups is 1. The van der Waals surface area contributed by atoms with Crippen LogP contribution in [0.1, 0.15) is 16.7 Å². The summed E-state index contributed by atoms with van der Waals surface area (Å²) in [5.74, 6) is 0. The van der Waals surface area contributed by atoms with Gasteiger partial charge in [0.05, 0.1) is 15.9 Å². The van der Waals surface area contributed by atoms with E-state index >= 15 is 0 Å². The third-order valence-electron chi connectivity index (χ3n) is 6.17. The predicted octanol–water partition coefficient (Wildman–Crippen LogP) is 3.91. The number of aliphatic hydroxyl groups is 3. The van der Waals surface area contributed by atoms with E-state index in [0.29, 0.717) is 6.42 Å². The van der Waals surface area contributed by atoms with Crippen molar-refractivity contribution in [2.75, 3.05) is 0 Å². The lowest BCUT2D eigenvalue weighted by Gasteiger charge is -2.43. The lowest BCUT2D eigenvalue weighted by Crippen LogP contribution is -2.63. The molecule has 4 rings (SSSR count). The van der Waals surface area contributed by atoms with Gasteiger partial charge in [-0.25, -0.2) is 0 Å². The lowest BCUT2D eigenvalue weighted by molar-refractivity contribution is -0.144. The summed E-state index contributed by atoms with van der Waals surface area (Å²) in [4.78, 5) is 0. The summed E-state index contributed by atoms with van der Waals surface area (Å²) in [6.07, 6.45) is 0.0582. The highest BCUT2D eigenvalue weighted by molar-refractivity contribution is 8.11. The van der Waals surface area contributed by atoms with Gasteiger partial charge in [0.2, 0.25) is 0 Å². The number of rotatable bonds is 7. The van der Waals surface area contributed by atoms with Crippen molar-refractivity contribution in [2.24, 2.45) is 0 Å². The zero-order chi connectivity index (χ0) is 21.9. The molecule has 1 unspecified atom stereocenters. The number of thioether (sulfide) groups is 1. The van der Waals surface area contributed by atoms with E-state index in [1.165, 1.54) is 11.8 Å². The summed E-state index contributed by atoms with van der Waals surface area (Å²) in [6, 6.07) is 29.1. The average molecular weight is 453 g/mol. The molecule has 3 aromatic carbocycles. The fraction of sp³-hybridized carbons (Fsp3) is 0.308. The summed E-state index contributed by atoms with van der Waals surface area (Å²) in [6.45, 7) is 0. The number of benzene rings is 3. The van der Waals surface area contributed by atoms with Gasteiger partial charge in [0.25, 0.3) is 0 Å². The minimum atomic E-state index is -1.56. The maximum atomic E-state index is 12.1. The molecule has 5 atom stereocenters. The highest BCUT2D eigenvalue weighted by Crippen LogP contribution is 2.54. The van der Waals surface area contributed by atoms with Crippen molar-refractivity contribution >= 4 is 24.4 Å². The number of aliphatic hydroxyl groups excluding tert-OH is 1. The summed E-state index contributed by atoms with van der Waals surface area (Å²) in [5.41, 5.74) is -0.242. The highest BCUT2D eigenvalue weighted by Gasteiger charge is 2.65. The second-order valence-electron chi connectivity index (χ2n) is 8.34. The summed E-state index contributed by atoms with van der Waals surface area (Å²) in [7, 11) is 0. The summed E-state index contributed by atoms with van der Waals surface area (Å²) in [5, 5.41) is 34.7. The molecule has 0 saturated carbocycles. The maximum absolute atomic E-state index is 12.1. The molecule has 0 amide bonds. The molecule has 1 saturated heterocycles. The van der Waals surface area contributed by atoms with Crippen molar-refractivity contribution in [1.29, 1.82) is 0 Å². The van der Waals surface area contributed by atoms with E-state index < -0.39 is 27.1 Å². The first kappa shape index (κ1) is 22.4. The Bertz CT molecular complexity index is 970. The molecule has 1 aliphatic rings. The van der Waals surface area contributed by atoms with Gasteiger partial charge in [-0.2, -0.15) is 12.6 Å². The van der Waals surface area contributed by atoms with Crippen LogP contribution in [0.3, 0.4) is 0 Å². The van der Waals surface area contributed by atoms with E-state index in [1.54, 1.807) is 0 Å². The van der Waals surface area contributed by atoms with Gasteiger partial charge in [-0.3, -0.25) is 0 Å². The van der Waals surface area contributed by atoms with E-state index in [1.807, 2.05) is 91.0 Å². The van der Waals surface area contributed by atoms with Crippen molar-refractivity contribution in [1.82, 2.24) is 0 Å². The number of hydrogen-bond donors (Lipinski definition) is 4. The van der Waals surface area contributed by atoms with Crippen LogP contribution in [0.4, 0.5) is 0 Å². The van der Waals surface area contributed by atoms with Crippen LogP contribution in [0, 0.1) is 0 Å². The molecule has 3 aromatic rings. The zero-order valence-electron chi connectivity index (χ0n) is 17.2. The molecule has 1 heterocycles. The van der Waals surface area contributed by atoms with E-state index in [0.717, 1.165) is 16.7 Å². The van der Waals surface area contributed by atoms with E-state index in [4.69, 9.17) is 12.6 Å². The van der Waals surface area contributed by atoms with Crippen LogP contribution in [-0.2, 0) is 19.3 Å². The monoisotopic (exact) mass is 452 g/mol. The van der Waals surface area contributed by atoms with E-state index in [-0.39, 0.29) is 12.8 Å². The third kappa shape index (κ3) is 4.57. The first-order valence-corrected chi connectivity index (χ1v) is 12.0. The van der Waals surface area contributed by atoms with Crippen LogP contribution >= 0.6 is 24.4 Å². The van der Waals surface area contributed by atoms with Gasteiger partial charge in [-0.05, 0) is 23.1 Å². The standard InChI is InChI=1S/C26H28O3S2/c27-22(16-19-10-4-1-5-11-19)23-25(28,17-20-12-6-2-7-13-20)26(29,24(30)31-23)18-21-14-8-3-9-15-21/h1-15,22-24,27-30H,16-18H2/t22?,23-,24+,25+,26+/m0/s1. The second-order valence-corrected chi connectivity index (χ2v) is 10.5. The quantitative estimate of drug-likeness (QED) is 0.411. The number of hydrogen-bond acceptors (Lipinski definition) is 5. The first-order valence-electron chi connectivity index (χ1n) is 10.5. The topological polar surface area (TPSA) is 60.7 Å². The van der Waals surface area contributed by atoms with Crippen LogP contribution in [0.5, 0.6) is 0 Å². The molecule has 0 aromatic heterocycles. The van der Waals surface area contributed by atoms with Gasteiger partial charge >= 0.3 is 0 Å². The van der Waals surface area contributed by atoms with Gasteiger partial charge in [0.1, 0.15) is 11.2 Å². The lowest BCUT2D eigenvalue weighted by atomic mass is 9.72. The molecule has 0 radical (unpaired) electrons. The SMILES string of the molecule is OC(Cc1ccccc1)[C@@H]1S[C@@H](S)[C@](O)(Cc2ccccc2)[C@@]1(O)Cc1ccccc1. The zero-order valence-corrected chi connectivity index (χ0v) is 18.9. The summed E-state index contributed by atoms with van der Waals surface area (Å²) >= 11 is 6.06. The van der Waals surface area contributed by atoms with Gasteiger partial charge in [-0.1, -0.05) is 91.0 Å². The Morgan fingerprint density at radius 1 is 0.710 bits per heavy atom. The third-order valence-corrected chi connectivity index (χ3v) is 8.61. The second kappa shape index (κ2) is 9.39. The first-order chi connectivity index (χ1) is 14.9. The van der Waals surface area contributed by atoms with E-state index in [2.05, 4.69) is 0 Å². The van der Waals surface area contributed by atoms with Crippen LogP contribution in [-0.4, -0.2) is 42.5 Å². The Morgan fingerprint density at radius 2 is 1.13 bits per heavy atom. The van der Waals surface area contributed by atoms with Crippen molar-refractivity contribution in [3.63, 3.8) is 0 Å². The Hall–Kier alpha value is -1.76. The molecule has 1 aliphatic heterocycles. The molecule has 31 heavy (non-hydrogen) atoms. The van der Waals surface area contributed by atoms with Crippen LogP contribution in [0.25, 0.3) is 0 Å². The Kier molecular flexibility index (Phi) is 6.80. The van der Waals surface area contributed by atoms with Gasteiger partial charge in [-0.15, -0.1) is 11.8 Å². The van der Waals surface area contributed by atoms with Crippen molar-refractivity contribution < 1.29 is 15.3 Å². The fourth-order valence-electron chi connectivity index (χ4n) is 4.50. The van der Waals surface area contributed by atoms with Gasteiger partial charge in [0.15, 0.2) is 0 Å². The smallest absolute Gasteiger partial charge is 0.119 e. The van der Waals surface area contributed by atoms with Crippen molar-refractivity contribution in [3.05, 3.63) is 108 Å². The Labute approximate surface area is 193 Å². The molecule has 3 N–H and O–H groups in total. The van der Waals surface area contributed by atoms with Crippen LogP contribution < -0.4 is 0 Å². The van der Waals surface area contributed by atoms with Gasteiger partial charge in [0, 0.05) is 12.8 Å². The van der Waals surface area contributed by atoms with E-state index in [9.17, 15) is 15.3 Å². The minimum absolute atomic E-state index is 0.234. The Morgan fingerprint density at radius 3 is 1.61 bits per heavy atom. The predicted molar refractivity (Wildman–Crippen MR) is 130 cm³/mol. The van der Waals surface area contributed by atoms with Gasteiger partial charge < -0.3 is 15.3 Å². The molecule has 5 heteroatoms. The largest absolute Gasteiger partial charge is 0.392 e. The van der Waals surface area contributed by atoms with Crippen molar-refractivity contribution in [2.45, 2.75) is 46.4 Å². The molecular weight excluding hydrogens is 424 g/mol. The molecule has 162 valence electrons. The molecule has 1 fully saturated rings. The highest BCUT2D eigenvalue weighted by atomic mass is 32.2. The average Bonchev–Trinajstić information content (AvgIpc) is 2.96. The normalized spacial score (nSPS) is 29.0.